The van der Waals surface area contributed by atoms with Crippen molar-refractivity contribution in [2.45, 2.75) is 25.3 Å². The molecule has 1 heterocycles. The number of morpholine rings is 1. The van der Waals surface area contributed by atoms with Gasteiger partial charge < -0.3 is 14.4 Å². The van der Waals surface area contributed by atoms with Gasteiger partial charge in [-0.2, -0.15) is 0 Å². The summed E-state index contributed by atoms with van der Waals surface area (Å²) < 4.78 is 9.88. The van der Waals surface area contributed by atoms with Crippen LogP contribution in [-0.4, -0.2) is 55.0 Å². The topological polar surface area (TPSA) is 55.8 Å². The summed E-state index contributed by atoms with van der Waals surface area (Å²) in [4.78, 5) is 25.0. The van der Waals surface area contributed by atoms with Crippen LogP contribution >= 0.6 is 15.9 Å². The molecule has 0 spiro atoms. The van der Waals surface area contributed by atoms with E-state index in [4.69, 9.17) is 4.74 Å². The average molecular weight is 308 g/mol. The standard InChI is InChI=1S/C11H18BrNO4/c1-16-11(15)9-8-17-7-6-13(9)10(14)4-2-3-5-12/h9H,2-8H2,1H3. The number of alkyl halides is 1. The van der Waals surface area contributed by atoms with Gasteiger partial charge >= 0.3 is 5.97 Å². The number of carbonyl (C=O) groups is 2. The summed E-state index contributed by atoms with van der Waals surface area (Å²) in [5.74, 6) is -0.400. The van der Waals surface area contributed by atoms with Gasteiger partial charge in [0.15, 0.2) is 6.04 Å². The number of hydrogen-bond donors (Lipinski definition) is 0. The Balaban J connectivity index is 2.52. The van der Waals surface area contributed by atoms with E-state index in [-0.39, 0.29) is 12.5 Å². The molecule has 1 rings (SSSR count). The Kier molecular flexibility index (Phi) is 6.50. The average Bonchev–Trinajstić information content (AvgIpc) is 2.38. The molecule has 17 heavy (non-hydrogen) atoms. The molecule has 0 bridgehead atoms. The third-order valence-electron chi connectivity index (χ3n) is 2.70. The molecule has 5 nitrogen and oxygen atoms in total. The van der Waals surface area contributed by atoms with Crippen molar-refractivity contribution >= 4 is 27.8 Å². The van der Waals surface area contributed by atoms with E-state index >= 15 is 0 Å². The summed E-state index contributed by atoms with van der Waals surface area (Å²) in [5, 5.41) is 0.893. The van der Waals surface area contributed by atoms with E-state index in [1.807, 2.05) is 0 Å². The minimum Gasteiger partial charge on any atom is -0.467 e. The maximum Gasteiger partial charge on any atom is 0.331 e. The molecule has 0 aromatic rings. The second-order valence-electron chi connectivity index (χ2n) is 3.85. The van der Waals surface area contributed by atoms with Crippen molar-refractivity contribution in [1.82, 2.24) is 4.90 Å². The highest BCUT2D eigenvalue weighted by Gasteiger charge is 2.33. The van der Waals surface area contributed by atoms with E-state index in [9.17, 15) is 9.59 Å². The van der Waals surface area contributed by atoms with Crippen molar-refractivity contribution in [2.24, 2.45) is 0 Å². The van der Waals surface area contributed by atoms with Gasteiger partial charge in [0.25, 0.3) is 0 Å². The molecule has 0 saturated carbocycles. The molecule has 0 aromatic heterocycles. The van der Waals surface area contributed by atoms with E-state index in [2.05, 4.69) is 20.7 Å². The molecular formula is C11H18BrNO4. The molecule has 0 aliphatic carbocycles. The number of rotatable bonds is 5. The lowest BCUT2D eigenvalue weighted by atomic mass is 10.1. The first-order valence-electron chi connectivity index (χ1n) is 5.71. The minimum atomic E-state index is -0.578. The van der Waals surface area contributed by atoms with Gasteiger partial charge in [-0.05, 0) is 12.8 Å². The fraction of sp³-hybridized carbons (Fsp3) is 0.818. The molecule has 1 amide bonds. The summed E-state index contributed by atoms with van der Waals surface area (Å²) in [5.41, 5.74) is 0. The van der Waals surface area contributed by atoms with Gasteiger partial charge in [-0.1, -0.05) is 15.9 Å². The van der Waals surface area contributed by atoms with E-state index in [1.54, 1.807) is 4.90 Å². The van der Waals surface area contributed by atoms with Gasteiger partial charge in [0.2, 0.25) is 5.91 Å². The van der Waals surface area contributed by atoms with Crippen molar-refractivity contribution in [2.75, 3.05) is 32.2 Å². The van der Waals surface area contributed by atoms with Crippen LogP contribution < -0.4 is 0 Å². The van der Waals surface area contributed by atoms with Crippen molar-refractivity contribution in [3.05, 3.63) is 0 Å². The Morgan fingerprint density at radius 3 is 2.88 bits per heavy atom. The first kappa shape index (κ1) is 14.4. The first-order valence-corrected chi connectivity index (χ1v) is 6.84. The lowest BCUT2D eigenvalue weighted by molar-refractivity contribution is -0.160. The Morgan fingerprint density at radius 1 is 1.47 bits per heavy atom. The predicted molar refractivity (Wildman–Crippen MR) is 66.0 cm³/mol. The van der Waals surface area contributed by atoms with Crippen LogP contribution in [0.1, 0.15) is 19.3 Å². The number of esters is 1. The second-order valence-corrected chi connectivity index (χ2v) is 4.64. The van der Waals surface area contributed by atoms with Crippen LogP contribution in [0.15, 0.2) is 0 Å². The van der Waals surface area contributed by atoms with E-state index in [0.717, 1.165) is 18.2 Å². The summed E-state index contributed by atoms with van der Waals surface area (Å²) in [6.45, 7) is 1.18. The van der Waals surface area contributed by atoms with Crippen LogP contribution in [0.25, 0.3) is 0 Å². The molecule has 98 valence electrons. The highest BCUT2D eigenvalue weighted by molar-refractivity contribution is 9.09. The molecule has 1 fully saturated rings. The Labute approximate surface area is 110 Å². The van der Waals surface area contributed by atoms with Crippen LogP contribution in [0, 0.1) is 0 Å². The third kappa shape index (κ3) is 4.27. The van der Waals surface area contributed by atoms with Crippen LogP contribution in [0.3, 0.4) is 0 Å². The van der Waals surface area contributed by atoms with Crippen molar-refractivity contribution in [1.29, 1.82) is 0 Å². The SMILES string of the molecule is COC(=O)C1COCCN1C(=O)CCCCBr. The first-order chi connectivity index (χ1) is 8.20. The summed E-state index contributed by atoms with van der Waals surface area (Å²) in [7, 11) is 1.32. The van der Waals surface area contributed by atoms with Gasteiger partial charge in [-0.25, -0.2) is 4.79 Å². The number of methoxy groups -OCH3 is 1. The molecule has 1 aliphatic rings. The van der Waals surface area contributed by atoms with E-state index in [1.165, 1.54) is 7.11 Å². The van der Waals surface area contributed by atoms with Crippen LogP contribution in [0.5, 0.6) is 0 Å². The minimum absolute atomic E-state index is 0.00431. The van der Waals surface area contributed by atoms with Gasteiger partial charge in [-0.15, -0.1) is 0 Å². The zero-order valence-corrected chi connectivity index (χ0v) is 11.6. The predicted octanol–water partition coefficient (Wildman–Crippen LogP) is 0.952. The molecular weight excluding hydrogens is 290 g/mol. The normalized spacial score (nSPS) is 20.1. The Morgan fingerprint density at radius 2 is 2.24 bits per heavy atom. The maximum absolute atomic E-state index is 12.0. The molecule has 0 aromatic carbocycles. The smallest absolute Gasteiger partial charge is 0.331 e. The lowest BCUT2D eigenvalue weighted by Crippen LogP contribution is -2.52. The van der Waals surface area contributed by atoms with E-state index < -0.39 is 12.0 Å². The van der Waals surface area contributed by atoms with Crippen LogP contribution in [0.4, 0.5) is 0 Å². The number of halogens is 1. The zero-order chi connectivity index (χ0) is 12.7. The number of ether oxygens (including phenoxy) is 2. The van der Waals surface area contributed by atoms with Gasteiger partial charge in [0, 0.05) is 18.3 Å². The second kappa shape index (κ2) is 7.66. The quantitative estimate of drug-likeness (QED) is 0.431. The number of carbonyl (C=O) groups excluding carboxylic acids is 2. The number of nitrogens with zero attached hydrogens (tertiary/aromatic N) is 1. The number of unbranched alkanes of at least 4 members (excludes halogenated alkanes) is 1. The maximum atomic E-state index is 12.0. The molecule has 1 atom stereocenters. The monoisotopic (exact) mass is 307 g/mol. The van der Waals surface area contributed by atoms with Crippen LogP contribution in [-0.2, 0) is 19.1 Å². The number of hydrogen-bond acceptors (Lipinski definition) is 4. The Bertz CT molecular complexity index is 272. The summed E-state index contributed by atoms with van der Waals surface area (Å²) in [6.07, 6.45) is 2.26. The summed E-state index contributed by atoms with van der Waals surface area (Å²) in [6, 6.07) is -0.578. The highest BCUT2D eigenvalue weighted by Crippen LogP contribution is 2.12. The molecule has 0 N–H and O–H groups in total. The zero-order valence-electron chi connectivity index (χ0n) is 9.99. The fourth-order valence-electron chi connectivity index (χ4n) is 1.75. The fourth-order valence-corrected chi connectivity index (χ4v) is 2.14. The molecule has 1 saturated heterocycles. The van der Waals surface area contributed by atoms with Crippen molar-refractivity contribution in [3.8, 4) is 0 Å². The lowest BCUT2D eigenvalue weighted by Gasteiger charge is -2.33. The molecule has 1 aliphatic heterocycles. The van der Waals surface area contributed by atoms with Crippen molar-refractivity contribution in [3.63, 3.8) is 0 Å². The number of amides is 1. The Hall–Kier alpha value is -0.620. The molecule has 1 unspecified atom stereocenters. The highest BCUT2D eigenvalue weighted by atomic mass is 79.9. The largest absolute Gasteiger partial charge is 0.467 e. The third-order valence-corrected chi connectivity index (χ3v) is 3.26. The van der Waals surface area contributed by atoms with Crippen LogP contribution in [0.2, 0.25) is 0 Å². The molecule has 6 heteroatoms. The van der Waals surface area contributed by atoms with Crippen molar-refractivity contribution < 1.29 is 19.1 Å². The van der Waals surface area contributed by atoms with E-state index in [0.29, 0.717) is 19.6 Å². The van der Waals surface area contributed by atoms with Gasteiger partial charge in [0.1, 0.15) is 0 Å². The molecule has 0 radical (unpaired) electrons. The summed E-state index contributed by atoms with van der Waals surface area (Å²) >= 11 is 3.32. The van der Waals surface area contributed by atoms with Gasteiger partial charge in [0.05, 0.1) is 20.3 Å². The van der Waals surface area contributed by atoms with Gasteiger partial charge in [-0.3, -0.25) is 4.79 Å².